The maximum atomic E-state index is 3.45. The second kappa shape index (κ2) is 7.66. The number of rotatable bonds is 6. The normalized spacial score (nSPS) is 18.7. The van der Waals surface area contributed by atoms with Gasteiger partial charge in [-0.05, 0) is 45.5 Å². The largest absolute Gasteiger partial charge is 0.313 e. The highest BCUT2D eigenvalue weighted by atomic mass is 15.1. The van der Waals surface area contributed by atoms with E-state index >= 15 is 0 Å². The van der Waals surface area contributed by atoms with Crippen LogP contribution < -0.4 is 5.32 Å². The van der Waals surface area contributed by atoms with Crippen LogP contribution in [0.1, 0.15) is 50.1 Å². The molecule has 2 heteroatoms. The average Bonchev–Trinajstić information content (AvgIpc) is 2.49. The van der Waals surface area contributed by atoms with Crippen LogP contribution >= 0.6 is 0 Å². The standard InChI is InChI=1S/C17H28N2/c1-18-17(15-9-5-3-6-10-15)13-14-19(2)16-11-7-4-8-12-16/h3,5-6,9-10,16-18H,4,7-8,11-14H2,1-2H3. The van der Waals surface area contributed by atoms with Gasteiger partial charge in [0, 0.05) is 12.1 Å². The van der Waals surface area contributed by atoms with Crippen LogP contribution in [0.3, 0.4) is 0 Å². The Bertz CT molecular complexity index is 344. The summed E-state index contributed by atoms with van der Waals surface area (Å²) >= 11 is 0. The quantitative estimate of drug-likeness (QED) is 0.840. The molecule has 1 aromatic rings. The molecule has 1 aliphatic carbocycles. The molecule has 1 fully saturated rings. The number of hydrogen-bond acceptors (Lipinski definition) is 2. The molecular weight excluding hydrogens is 232 g/mol. The van der Waals surface area contributed by atoms with Gasteiger partial charge in [-0.25, -0.2) is 0 Å². The first kappa shape index (κ1) is 14.5. The van der Waals surface area contributed by atoms with Crippen molar-refractivity contribution in [3.8, 4) is 0 Å². The number of benzene rings is 1. The minimum absolute atomic E-state index is 0.479. The predicted octanol–water partition coefficient (Wildman–Crippen LogP) is 3.60. The molecule has 2 rings (SSSR count). The summed E-state index contributed by atoms with van der Waals surface area (Å²) in [6.07, 6.45) is 8.26. The minimum Gasteiger partial charge on any atom is -0.313 e. The molecule has 0 heterocycles. The SMILES string of the molecule is CNC(CCN(C)C1CCCCC1)c1ccccc1. The first-order valence-electron chi connectivity index (χ1n) is 7.73. The van der Waals surface area contributed by atoms with Gasteiger partial charge < -0.3 is 10.2 Å². The lowest BCUT2D eigenvalue weighted by molar-refractivity contribution is 0.184. The van der Waals surface area contributed by atoms with E-state index < -0.39 is 0 Å². The van der Waals surface area contributed by atoms with Crippen molar-refractivity contribution in [2.24, 2.45) is 0 Å². The van der Waals surface area contributed by atoms with E-state index in [0.29, 0.717) is 6.04 Å². The molecule has 2 nitrogen and oxygen atoms in total. The summed E-state index contributed by atoms with van der Waals surface area (Å²) in [5, 5.41) is 3.45. The van der Waals surface area contributed by atoms with Crippen molar-refractivity contribution in [2.45, 2.75) is 50.6 Å². The van der Waals surface area contributed by atoms with E-state index in [0.717, 1.165) is 6.04 Å². The monoisotopic (exact) mass is 260 g/mol. The summed E-state index contributed by atoms with van der Waals surface area (Å²) in [6.45, 7) is 1.19. The van der Waals surface area contributed by atoms with Gasteiger partial charge in [0.15, 0.2) is 0 Å². The van der Waals surface area contributed by atoms with Crippen molar-refractivity contribution < 1.29 is 0 Å². The van der Waals surface area contributed by atoms with Crippen molar-refractivity contribution >= 4 is 0 Å². The fourth-order valence-electron chi connectivity index (χ4n) is 3.20. The first-order chi connectivity index (χ1) is 9.31. The Balaban J connectivity index is 1.82. The molecule has 106 valence electrons. The Morgan fingerprint density at radius 1 is 1.16 bits per heavy atom. The Morgan fingerprint density at radius 2 is 1.84 bits per heavy atom. The van der Waals surface area contributed by atoms with Gasteiger partial charge in [0.1, 0.15) is 0 Å². The Morgan fingerprint density at radius 3 is 2.47 bits per heavy atom. The zero-order chi connectivity index (χ0) is 13.5. The second-order valence-corrected chi connectivity index (χ2v) is 5.81. The van der Waals surface area contributed by atoms with Crippen molar-refractivity contribution in [1.82, 2.24) is 10.2 Å². The van der Waals surface area contributed by atoms with Gasteiger partial charge in [0.2, 0.25) is 0 Å². The highest BCUT2D eigenvalue weighted by molar-refractivity contribution is 5.18. The van der Waals surface area contributed by atoms with Crippen LogP contribution in [0, 0.1) is 0 Å². The average molecular weight is 260 g/mol. The summed E-state index contributed by atoms with van der Waals surface area (Å²) in [4.78, 5) is 2.58. The van der Waals surface area contributed by atoms with E-state index in [1.807, 2.05) is 0 Å². The predicted molar refractivity (Wildman–Crippen MR) is 82.4 cm³/mol. The maximum absolute atomic E-state index is 3.45. The van der Waals surface area contributed by atoms with Crippen LogP contribution in [0.4, 0.5) is 0 Å². The van der Waals surface area contributed by atoms with Crippen LogP contribution in [-0.4, -0.2) is 31.6 Å². The summed E-state index contributed by atoms with van der Waals surface area (Å²) in [5.74, 6) is 0. The Hall–Kier alpha value is -0.860. The molecule has 0 bridgehead atoms. The van der Waals surface area contributed by atoms with Gasteiger partial charge >= 0.3 is 0 Å². The van der Waals surface area contributed by atoms with Gasteiger partial charge in [-0.2, -0.15) is 0 Å². The molecule has 1 unspecified atom stereocenters. The molecule has 19 heavy (non-hydrogen) atoms. The summed E-state index contributed by atoms with van der Waals surface area (Å²) < 4.78 is 0. The molecule has 0 aromatic heterocycles. The highest BCUT2D eigenvalue weighted by Crippen LogP contribution is 2.23. The first-order valence-corrected chi connectivity index (χ1v) is 7.73. The zero-order valence-corrected chi connectivity index (χ0v) is 12.4. The lowest BCUT2D eigenvalue weighted by Crippen LogP contribution is -2.35. The van der Waals surface area contributed by atoms with E-state index in [9.17, 15) is 0 Å². The molecule has 0 aliphatic heterocycles. The molecule has 1 atom stereocenters. The smallest absolute Gasteiger partial charge is 0.0329 e. The van der Waals surface area contributed by atoms with Crippen molar-refractivity contribution in [3.63, 3.8) is 0 Å². The van der Waals surface area contributed by atoms with E-state index in [-0.39, 0.29) is 0 Å². The molecule has 1 N–H and O–H groups in total. The Kier molecular flexibility index (Phi) is 5.87. The van der Waals surface area contributed by atoms with Gasteiger partial charge in [-0.1, -0.05) is 49.6 Å². The Labute approximate surface area is 118 Å². The van der Waals surface area contributed by atoms with E-state index in [4.69, 9.17) is 0 Å². The summed E-state index contributed by atoms with van der Waals surface area (Å²) in [5.41, 5.74) is 1.40. The van der Waals surface area contributed by atoms with Gasteiger partial charge in [-0.15, -0.1) is 0 Å². The third-order valence-electron chi connectivity index (χ3n) is 4.52. The van der Waals surface area contributed by atoms with Crippen LogP contribution in [0.5, 0.6) is 0 Å². The van der Waals surface area contributed by atoms with Gasteiger partial charge in [-0.3, -0.25) is 0 Å². The summed E-state index contributed by atoms with van der Waals surface area (Å²) in [6, 6.07) is 12.1. The minimum atomic E-state index is 0.479. The van der Waals surface area contributed by atoms with E-state index in [1.54, 1.807) is 0 Å². The molecule has 1 saturated carbocycles. The van der Waals surface area contributed by atoms with Crippen LogP contribution in [0.25, 0.3) is 0 Å². The van der Waals surface area contributed by atoms with Crippen LogP contribution in [0.2, 0.25) is 0 Å². The third-order valence-corrected chi connectivity index (χ3v) is 4.52. The van der Waals surface area contributed by atoms with E-state index in [1.165, 1.54) is 50.6 Å². The molecule has 0 spiro atoms. The van der Waals surface area contributed by atoms with Gasteiger partial charge in [0.25, 0.3) is 0 Å². The van der Waals surface area contributed by atoms with Crippen LogP contribution in [0.15, 0.2) is 30.3 Å². The lowest BCUT2D eigenvalue weighted by Gasteiger charge is -2.32. The molecule has 0 saturated heterocycles. The highest BCUT2D eigenvalue weighted by Gasteiger charge is 2.18. The summed E-state index contributed by atoms with van der Waals surface area (Å²) in [7, 11) is 4.37. The number of nitrogens with zero attached hydrogens (tertiary/aromatic N) is 1. The lowest BCUT2D eigenvalue weighted by atomic mass is 9.94. The van der Waals surface area contributed by atoms with Crippen molar-refractivity contribution in [2.75, 3.05) is 20.6 Å². The number of nitrogens with one attached hydrogen (secondary N) is 1. The van der Waals surface area contributed by atoms with Crippen molar-refractivity contribution in [3.05, 3.63) is 35.9 Å². The third kappa shape index (κ3) is 4.32. The van der Waals surface area contributed by atoms with Crippen LogP contribution in [-0.2, 0) is 0 Å². The maximum Gasteiger partial charge on any atom is 0.0329 e. The molecule has 1 aliphatic rings. The molecule has 0 amide bonds. The fraction of sp³-hybridized carbons (Fsp3) is 0.647. The number of hydrogen-bond donors (Lipinski definition) is 1. The molecular formula is C17H28N2. The molecule has 1 aromatic carbocycles. The molecule has 0 radical (unpaired) electrons. The fourth-order valence-corrected chi connectivity index (χ4v) is 3.20. The second-order valence-electron chi connectivity index (χ2n) is 5.81. The topological polar surface area (TPSA) is 15.3 Å². The van der Waals surface area contributed by atoms with Gasteiger partial charge in [0.05, 0.1) is 0 Å². The zero-order valence-electron chi connectivity index (χ0n) is 12.4. The van der Waals surface area contributed by atoms with Crippen molar-refractivity contribution in [1.29, 1.82) is 0 Å². The van der Waals surface area contributed by atoms with E-state index in [2.05, 4.69) is 54.6 Å².